The Balaban J connectivity index is 2.32. The first kappa shape index (κ1) is 20.3. The Bertz CT molecular complexity index is 534. The molecule has 1 fully saturated rings. The van der Waals surface area contributed by atoms with E-state index in [4.69, 9.17) is 9.47 Å². The molecular formula is C21H34O4. The standard InChI is InChI=1S/C21H34O4/c1-15-8-9-16-13-18(23)21(4,11-10-17(15)20(16,2)3)19(7-6-12-22)25-14-24-5/h12,16,19H,6-11,13-14H2,1-5H3/t16-,19-,21-/m0/s1. The molecule has 2 bridgehead atoms. The van der Waals surface area contributed by atoms with Crippen LogP contribution in [0.15, 0.2) is 11.1 Å². The number of carbonyl (C=O) groups excluding carboxylic acids is 2. The van der Waals surface area contributed by atoms with E-state index in [1.165, 1.54) is 11.1 Å². The second-order valence-corrected chi connectivity index (χ2v) is 8.57. The number of aldehydes is 1. The van der Waals surface area contributed by atoms with Crippen LogP contribution in [0.25, 0.3) is 0 Å². The van der Waals surface area contributed by atoms with Gasteiger partial charge in [-0.2, -0.15) is 0 Å². The van der Waals surface area contributed by atoms with E-state index in [2.05, 4.69) is 20.8 Å². The van der Waals surface area contributed by atoms with Crippen molar-refractivity contribution in [1.29, 1.82) is 0 Å². The fourth-order valence-electron chi connectivity index (χ4n) is 4.87. The number of fused-ring (bicyclic) bond motifs is 2. The normalized spacial score (nSPS) is 30.6. The molecule has 0 heterocycles. The third kappa shape index (κ3) is 4.06. The molecule has 25 heavy (non-hydrogen) atoms. The van der Waals surface area contributed by atoms with E-state index in [1.54, 1.807) is 7.11 Å². The fraction of sp³-hybridized carbons (Fsp3) is 0.810. The Morgan fingerprint density at radius 2 is 2.00 bits per heavy atom. The quantitative estimate of drug-likeness (QED) is 0.386. The molecule has 0 aliphatic heterocycles. The molecule has 4 heteroatoms. The molecule has 0 aromatic heterocycles. The van der Waals surface area contributed by atoms with Gasteiger partial charge in [-0.15, -0.1) is 0 Å². The fourth-order valence-corrected chi connectivity index (χ4v) is 4.87. The third-order valence-corrected chi connectivity index (χ3v) is 6.79. The highest BCUT2D eigenvalue weighted by Crippen LogP contribution is 2.52. The van der Waals surface area contributed by atoms with Crippen LogP contribution in [0.5, 0.6) is 0 Å². The number of ketones is 1. The van der Waals surface area contributed by atoms with Crippen molar-refractivity contribution < 1.29 is 19.1 Å². The molecule has 0 spiro atoms. The van der Waals surface area contributed by atoms with Gasteiger partial charge in [0.15, 0.2) is 0 Å². The summed E-state index contributed by atoms with van der Waals surface area (Å²) in [5, 5.41) is 0. The van der Waals surface area contributed by atoms with Crippen LogP contribution >= 0.6 is 0 Å². The molecule has 2 aliphatic rings. The van der Waals surface area contributed by atoms with Gasteiger partial charge in [0.05, 0.1) is 11.5 Å². The van der Waals surface area contributed by atoms with E-state index in [-0.39, 0.29) is 24.1 Å². The second kappa shape index (κ2) is 8.13. The molecule has 1 saturated carbocycles. The SMILES string of the molecule is COCO[C@@H](CCC=O)[C@@]1(C)CCC2=C(C)CC[C@@H](CC1=O)C2(C)C. The Morgan fingerprint density at radius 3 is 2.64 bits per heavy atom. The number of carbonyl (C=O) groups is 2. The van der Waals surface area contributed by atoms with Gasteiger partial charge in [0.1, 0.15) is 18.9 Å². The average Bonchev–Trinajstić information content (AvgIpc) is 2.56. The van der Waals surface area contributed by atoms with Crippen molar-refractivity contribution in [3.8, 4) is 0 Å². The molecule has 0 unspecified atom stereocenters. The van der Waals surface area contributed by atoms with Crippen molar-refractivity contribution in [3.63, 3.8) is 0 Å². The van der Waals surface area contributed by atoms with Gasteiger partial charge in [-0.05, 0) is 50.4 Å². The van der Waals surface area contributed by atoms with Crippen molar-refractivity contribution in [2.24, 2.45) is 16.7 Å². The zero-order valence-electron chi connectivity index (χ0n) is 16.5. The van der Waals surface area contributed by atoms with Crippen molar-refractivity contribution >= 4 is 12.1 Å². The molecule has 0 radical (unpaired) electrons. The Hall–Kier alpha value is -1.00. The van der Waals surface area contributed by atoms with E-state index in [0.717, 1.165) is 32.0 Å². The van der Waals surface area contributed by atoms with Crippen LogP contribution in [-0.2, 0) is 19.1 Å². The molecule has 142 valence electrons. The summed E-state index contributed by atoms with van der Waals surface area (Å²) < 4.78 is 11.0. The molecule has 3 atom stereocenters. The summed E-state index contributed by atoms with van der Waals surface area (Å²) in [5.41, 5.74) is 2.58. The van der Waals surface area contributed by atoms with Crippen LogP contribution in [0.1, 0.15) is 72.6 Å². The number of rotatable bonds is 7. The van der Waals surface area contributed by atoms with Gasteiger partial charge in [-0.3, -0.25) is 4.79 Å². The monoisotopic (exact) mass is 350 g/mol. The van der Waals surface area contributed by atoms with E-state index in [1.807, 2.05) is 6.92 Å². The van der Waals surface area contributed by atoms with Crippen molar-refractivity contribution in [2.75, 3.05) is 13.9 Å². The van der Waals surface area contributed by atoms with Crippen molar-refractivity contribution in [1.82, 2.24) is 0 Å². The minimum atomic E-state index is -0.556. The number of methoxy groups -OCH3 is 1. The third-order valence-electron chi connectivity index (χ3n) is 6.79. The second-order valence-electron chi connectivity index (χ2n) is 8.57. The van der Waals surface area contributed by atoms with Crippen LogP contribution in [0.2, 0.25) is 0 Å². The lowest BCUT2D eigenvalue weighted by atomic mass is 9.57. The van der Waals surface area contributed by atoms with Gasteiger partial charge in [-0.25, -0.2) is 0 Å². The van der Waals surface area contributed by atoms with Gasteiger partial charge in [0.2, 0.25) is 0 Å². The highest BCUT2D eigenvalue weighted by atomic mass is 16.7. The topological polar surface area (TPSA) is 52.6 Å². The molecule has 0 aromatic rings. The predicted molar refractivity (Wildman–Crippen MR) is 98.2 cm³/mol. The smallest absolute Gasteiger partial charge is 0.146 e. The summed E-state index contributed by atoms with van der Waals surface area (Å²) in [6.07, 6.45) is 6.14. The molecule has 0 saturated heterocycles. The molecule has 0 aromatic carbocycles. The molecule has 0 N–H and O–H groups in total. The zero-order valence-corrected chi connectivity index (χ0v) is 16.5. The first-order chi connectivity index (χ1) is 11.8. The van der Waals surface area contributed by atoms with E-state index in [0.29, 0.717) is 25.2 Å². The number of Topliss-reactive ketones (excluding diaryl/α,β-unsaturated/α-hetero) is 1. The Labute approximate surface area is 152 Å². The van der Waals surface area contributed by atoms with Gasteiger partial charge in [0, 0.05) is 20.0 Å². The Kier molecular flexibility index (Phi) is 6.61. The summed E-state index contributed by atoms with van der Waals surface area (Å²) in [5.74, 6) is 0.684. The summed E-state index contributed by atoms with van der Waals surface area (Å²) in [7, 11) is 1.58. The molecule has 2 rings (SSSR count). The van der Waals surface area contributed by atoms with Crippen molar-refractivity contribution in [3.05, 3.63) is 11.1 Å². The number of ether oxygens (including phenoxy) is 2. The summed E-state index contributed by atoms with van der Waals surface area (Å²) >= 11 is 0. The molecule has 0 amide bonds. The highest BCUT2D eigenvalue weighted by molar-refractivity contribution is 5.85. The summed E-state index contributed by atoms with van der Waals surface area (Å²) in [6, 6.07) is 0. The maximum Gasteiger partial charge on any atom is 0.146 e. The van der Waals surface area contributed by atoms with Gasteiger partial charge in [0.25, 0.3) is 0 Å². The highest BCUT2D eigenvalue weighted by Gasteiger charge is 2.48. The van der Waals surface area contributed by atoms with E-state index in [9.17, 15) is 9.59 Å². The minimum Gasteiger partial charge on any atom is -0.359 e. The predicted octanol–water partition coefficient (Wildman–Crippen LogP) is 4.47. The van der Waals surface area contributed by atoms with Crippen LogP contribution < -0.4 is 0 Å². The van der Waals surface area contributed by atoms with Crippen LogP contribution in [0, 0.1) is 16.7 Å². The van der Waals surface area contributed by atoms with E-state index >= 15 is 0 Å². The largest absolute Gasteiger partial charge is 0.359 e. The van der Waals surface area contributed by atoms with Gasteiger partial charge >= 0.3 is 0 Å². The number of hydrogen-bond donors (Lipinski definition) is 0. The first-order valence-corrected chi connectivity index (χ1v) is 9.54. The number of allylic oxidation sites excluding steroid dienone is 2. The van der Waals surface area contributed by atoms with Crippen LogP contribution in [-0.4, -0.2) is 32.1 Å². The molecule has 4 nitrogen and oxygen atoms in total. The van der Waals surface area contributed by atoms with Gasteiger partial charge in [-0.1, -0.05) is 31.9 Å². The minimum absolute atomic E-state index is 0.102. The summed E-state index contributed by atoms with van der Waals surface area (Å²) in [4.78, 5) is 24.2. The van der Waals surface area contributed by atoms with Crippen LogP contribution in [0.4, 0.5) is 0 Å². The lowest BCUT2D eigenvalue weighted by molar-refractivity contribution is -0.154. The van der Waals surface area contributed by atoms with Crippen molar-refractivity contribution in [2.45, 2.75) is 78.7 Å². The lowest BCUT2D eigenvalue weighted by Crippen LogP contribution is -2.46. The average molecular weight is 350 g/mol. The zero-order chi connectivity index (χ0) is 18.7. The number of hydrogen-bond acceptors (Lipinski definition) is 4. The summed E-state index contributed by atoms with van der Waals surface area (Å²) in [6.45, 7) is 9.04. The first-order valence-electron chi connectivity index (χ1n) is 9.54. The Morgan fingerprint density at radius 1 is 1.28 bits per heavy atom. The lowest BCUT2D eigenvalue weighted by Gasteiger charge is -2.47. The molecular weight excluding hydrogens is 316 g/mol. The maximum absolute atomic E-state index is 13.3. The maximum atomic E-state index is 13.3. The van der Waals surface area contributed by atoms with Crippen LogP contribution in [0.3, 0.4) is 0 Å². The van der Waals surface area contributed by atoms with Gasteiger partial charge < -0.3 is 14.3 Å². The van der Waals surface area contributed by atoms with E-state index < -0.39 is 5.41 Å². The molecule has 2 aliphatic carbocycles.